The Balaban J connectivity index is 1.18. The van der Waals surface area contributed by atoms with Crippen molar-refractivity contribution in [3.05, 3.63) is 130 Å². The lowest BCUT2D eigenvalue weighted by atomic mass is 9.77. The maximum atomic E-state index is 13.6. The van der Waals surface area contributed by atoms with Crippen LogP contribution in [0.1, 0.15) is 22.4 Å². The number of fused-ring (bicyclic) bond motifs is 1. The highest BCUT2D eigenvalue weighted by molar-refractivity contribution is 9.09. The average Bonchev–Trinajstić information content (AvgIpc) is 3.55. The lowest BCUT2D eigenvalue weighted by Gasteiger charge is -2.50. The van der Waals surface area contributed by atoms with E-state index in [9.17, 15) is 24.0 Å². The second-order valence-electron chi connectivity index (χ2n) is 11.1. The van der Waals surface area contributed by atoms with Crippen LogP contribution in [0.3, 0.4) is 0 Å². The normalized spacial score (nSPS) is 23.4. The van der Waals surface area contributed by atoms with Crippen molar-refractivity contribution in [2.75, 3.05) is 17.8 Å². The van der Waals surface area contributed by atoms with Gasteiger partial charge < -0.3 is 20.3 Å². The maximum absolute atomic E-state index is 13.6. The summed E-state index contributed by atoms with van der Waals surface area (Å²) in [6.45, 7) is 0. The van der Waals surface area contributed by atoms with Gasteiger partial charge in [0.05, 0.1) is 19.2 Å². The summed E-state index contributed by atoms with van der Waals surface area (Å²) in [6.07, 6.45) is -0.186. The van der Waals surface area contributed by atoms with Crippen LogP contribution >= 0.6 is 27.3 Å². The third kappa shape index (κ3) is 4.73. The fourth-order valence-electron chi connectivity index (χ4n) is 6.75. The molecule has 3 aromatic carbocycles. The Morgan fingerprint density at radius 1 is 1.04 bits per heavy atom. The molecule has 3 aliphatic heterocycles. The van der Waals surface area contributed by atoms with E-state index < -0.39 is 50.9 Å². The lowest BCUT2D eigenvalue weighted by molar-refractivity contribution is -0.234. The van der Waals surface area contributed by atoms with Gasteiger partial charge in [-0.25, -0.2) is 9.78 Å². The van der Waals surface area contributed by atoms with Crippen molar-refractivity contribution in [1.82, 2.24) is 20.3 Å². The first kappa shape index (κ1) is 31.5. The molecule has 3 N–H and O–H groups in total. The number of hydroxylamine groups is 2. The number of alkyl halides is 1. The van der Waals surface area contributed by atoms with Gasteiger partial charge in [-0.1, -0.05) is 112 Å². The molecule has 4 heterocycles. The van der Waals surface area contributed by atoms with Crippen LogP contribution in [0.4, 0.5) is 5.13 Å². The third-order valence-electron chi connectivity index (χ3n) is 8.66. The number of amides is 2. The fourth-order valence-corrected chi connectivity index (χ4v) is 10.5. The number of carbonyl (C=O) groups excluding carboxylic acids is 2. The number of carboxylic acids is 1. The van der Waals surface area contributed by atoms with Crippen molar-refractivity contribution in [2.24, 2.45) is 0 Å². The van der Waals surface area contributed by atoms with E-state index in [-0.39, 0.29) is 23.0 Å². The van der Waals surface area contributed by atoms with Crippen LogP contribution in [0.25, 0.3) is 0 Å². The molecule has 0 spiro atoms. The second-order valence-corrected chi connectivity index (χ2v) is 14.1. The van der Waals surface area contributed by atoms with Gasteiger partial charge in [-0.15, -0.1) is 11.3 Å². The monoisotopic (exact) mass is 733 g/mol. The summed E-state index contributed by atoms with van der Waals surface area (Å²) in [5.41, 5.74) is 0.795. The predicted molar refractivity (Wildman–Crippen MR) is 179 cm³/mol. The highest BCUT2D eigenvalue weighted by Gasteiger charge is 2.84. The number of nitrogens with zero attached hydrogens (tertiary/aromatic N) is 3. The molecule has 14 heteroatoms. The number of rotatable bonds is 11. The predicted octanol–water partition coefficient (Wildman–Crippen LogP) is 3.77. The molecule has 2 amide bonds. The quantitative estimate of drug-likeness (QED) is 0.0908. The van der Waals surface area contributed by atoms with Crippen LogP contribution in [0, 0.1) is 0 Å². The number of nitrogens with one attached hydrogen (secondary N) is 2. The van der Waals surface area contributed by atoms with Gasteiger partial charge in [-0.2, -0.15) is 0 Å². The largest absolute Gasteiger partial charge is 0.613 e. The van der Waals surface area contributed by atoms with E-state index in [1.165, 1.54) is 23.5 Å². The Hall–Kier alpha value is -4.05. The van der Waals surface area contributed by atoms with Gasteiger partial charge in [0.15, 0.2) is 5.13 Å². The van der Waals surface area contributed by atoms with Gasteiger partial charge in [0.25, 0.3) is 11.6 Å². The number of carbonyl (C=O) groups is 3. The smallest absolute Gasteiger partial charge is 0.353 e. The zero-order valence-corrected chi connectivity index (χ0v) is 28.1. The molecule has 0 radical (unpaired) electrons. The topological polar surface area (TPSA) is 147 Å². The minimum Gasteiger partial charge on any atom is -0.613 e. The van der Waals surface area contributed by atoms with Crippen LogP contribution < -0.4 is 10.6 Å². The Bertz CT molecular complexity index is 1780. The number of anilines is 1. The van der Waals surface area contributed by atoms with Crippen molar-refractivity contribution in [1.29, 1.82) is 0 Å². The molecule has 7 rings (SSSR count). The second kappa shape index (κ2) is 12.2. The van der Waals surface area contributed by atoms with Crippen molar-refractivity contribution < 1.29 is 28.9 Å². The van der Waals surface area contributed by atoms with Crippen molar-refractivity contribution in [2.45, 2.75) is 28.4 Å². The number of β-lactam (4-membered cyclic amide) rings is 1. The third-order valence-corrected chi connectivity index (χ3v) is 12.0. The summed E-state index contributed by atoms with van der Waals surface area (Å²) in [7, 11) is 1.30. The molecule has 2 fully saturated rings. The van der Waals surface area contributed by atoms with E-state index >= 15 is 0 Å². The Morgan fingerprint density at radius 3 is 2.09 bits per heavy atom. The van der Waals surface area contributed by atoms with Crippen LogP contribution in [0.15, 0.2) is 108 Å². The van der Waals surface area contributed by atoms with E-state index in [4.69, 9.17) is 9.82 Å². The lowest BCUT2D eigenvalue weighted by Crippen LogP contribution is -2.83. The number of hydrogen-bond acceptors (Lipinski definition) is 9. The van der Waals surface area contributed by atoms with E-state index in [2.05, 4.69) is 63.0 Å². The summed E-state index contributed by atoms with van der Waals surface area (Å²) >= 11 is 2.85. The number of halogens is 1. The van der Waals surface area contributed by atoms with Gasteiger partial charge in [0.2, 0.25) is 16.7 Å². The summed E-state index contributed by atoms with van der Waals surface area (Å²) in [4.78, 5) is 50.6. The van der Waals surface area contributed by atoms with E-state index in [1.54, 1.807) is 5.38 Å². The highest BCUT2D eigenvalue weighted by atomic mass is 79.9. The van der Waals surface area contributed by atoms with E-state index in [0.29, 0.717) is 10.8 Å². The van der Waals surface area contributed by atoms with Crippen LogP contribution in [-0.4, -0.2) is 71.2 Å². The number of benzene rings is 3. The van der Waals surface area contributed by atoms with Crippen molar-refractivity contribution >= 4 is 61.4 Å². The van der Waals surface area contributed by atoms with Gasteiger partial charge in [0.1, 0.15) is 11.2 Å². The standard InChI is InChI=1S/C33H28BrN5O6S2/c1-45-39-27-24(18-34)26(28(41)42)38-29(43)33(39,30(38)47(27)44)36-25(40)17-23-19-46-31(35-23)37-32(20-11-5-2-6-12-20,21-13-7-3-8-14-21)22-15-9-4-10-16-22/h2-16,19,27,30H,17-18H2,1H3,(H,35,37)(H,36,40)(H,41,42)/t27?,30-,33-,47-/m1/s1. The molecule has 240 valence electrons. The minimum atomic E-state index is -1.81. The molecule has 2 bridgehead atoms. The molecule has 11 nitrogen and oxygen atoms in total. The number of aromatic nitrogens is 1. The van der Waals surface area contributed by atoms with Gasteiger partial charge in [0, 0.05) is 27.5 Å². The van der Waals surface area contributed by atoms with E-state index in [1.807, 2.05) is 54.6 Å². The number of aliphatic carboxylic acids is 1. The van der Waals surface area contributed by atoms with E-state index in [0.717, 1.165) is 21.6 Å². The zero-order valence-electron chi connectivity index (χ0n) is 24.8. The molecule has 4 atom stereocenters. The maximum Gasteiger partial charge on any atom is 0.353 e. The summed E-state index contributed by atoms with van der Waals surface area (Å²) in [6, 6.07) is 30.2. The Kier molecular flexibility index (Phi) is 8.18. The molecule has 1 aromatic heterocycles. The molecule has 0 aliphatic carbocycles. The summed E-state index contributed by atoms with van der Waals surface area (Å²) in [5, 5.41) is 17.7. The highest BCUT2D eigenvalue weighted by Crippen LogP contribution is 2.55. The summed E-state index contributed by atoms with van der Waals surface area (Å²) < 4.78 is 13.5. The zero-order chi connectivity index (χ0) is 32.9. The number of hydrogen-bond donors (Lipinski definition) is 3. The first-order chi connectivity index (χ1) is 22.8. The van der Waals surface area contributed by atoms with Gasteiger partial charge >= 0.3 is 5.97 Å². The fraction of sp³-hybridized carbons (Fsp3) is 0.212. The molecular formula is C33H28BrN5O6S2. The molecular weight excluding hydrogens is 706 g/mol. The Morgan fingerprint density at radius 2 is 1.60 bits per heavy atom. The SMILES string of the molecule is CON1C2C(CBr)=C(C(=O)O)N3C(=O)[C@]1(NC(=O)Cc1csc(NC(c4ccccc4)(c4ccccc4)c4ccccc4)n1)[C@H]3[S@+]2[O-]. The van der Waals surface area contributed by atoms with Crippen LogP contribution in [0.5, 0.6) is 0 Å². The molecule has 47 heavy (non-hydrogen) atoms. The molecule has 2 saturated heterocycles. The van der Waals surface area contributed by atoms with Crippen molar-refractivity contribution in [3.63, 3.8) is 0 Å². The molecule has 3 aliphatic rings. The van der Waals surface area contributed by atoms with Gasteiger partial charge in [-0.3, -0.25) is 19.3 Å². The van der Waals surface area contributed by atoms with Crippen molar-refractivity contribution in [3.8, 4) is 0 Å². The number of thiazole rings is 1. The number of carboxylic acid groups (broad SMARTS) is 1. The van der Waals surface area contributed by atoms with Crippen LogP contribution in [-0.2, 0) is 42.4 Å². The summed E-state index contributed by atoms with van der Waals surface area (Å²) in [5.74, 6) is -2.60. The molecule has 0 saturated carbocycles. The average molecular weight is 735 g/mol. The minimum absolute atomic E-state index is 0.0520. The first-order valence-electron chi connectivity index (χ1n) is 14.6. The Labute approximate surface area is 285 Å². The molecule has 1 unspecified atom stereocenters. The van der Waals surface area contributed by atoms with Gasteiger partial charge in [-0.05, 0) is 16.7 Å². The first-order valence-corrected chi connectivity index (χ1v) is 17.8. The molecule has 4 aromatic rings. The van der Waals surface area contributed by atoms with Crippen LogP contribution in [0.2, 0.25) is 0 Å².